The van der Waals surface area contributed by atoms with Crippen LogP contribution in [0.25, 0.3) is 0 Å². The maximum Gasteiger partial charge on any atom is 0.282 e. The number of quaternary nitrogens is 1. The highest BCUT2D eigenvalue weighted by atomic mass is 16.5. The van der Waals surface area contributed by atoms with Crippen molar-refractivity contribution >= 4 is 11.6 Å². The van der Waals surface area contributed by atoms with E-state index in [1.54, 1.807) is 7.11 Å². The SMILES string of the molecule is CCCC(C(=O)Nc1c(C)cc(OC)cc1C)[N+](CC)(CC)CC. The Kier molecular flexibility index (Phi) is 7.74. The molecule has 0 aliphatic heterocycles. The van der Waals surface area contributed by atoms with E-state index in [4.69, 9.17) is 4.74 Å². The number of hydrogen-bond donors (Lipinski definition) is 1. The number of carbonyl (C=O) groups excluding carboxylic acids is 1. The minimum Gasteiger partial charge on any atom is -0.497 e. The van der Waals surface area contributed by atoms with Gasteiger partial charge in [-0.15, -0.1) is 0 Å². The molecule has 1 N–H and O–H groups in total. The molecule has 0 fully saturated rings. The van der Waals surface area contributed by atoms with Gasteiger partial charge in [-0.2, -0.15) is 0 Å². The van der Waals surface area contributed by atoms with Crippen LogP contribution in [-0.4, -0.2) is 43.2 Å². The molecule has 1 aromatic carbocycles. The molecular formula is C20H35N2O2+. The first-order valence-electron chi connectivity index (χ1n) is 9.20. The van der Waals surface area contributed by atoms with Crippen LogP contribution in [0.4, 0.5) is 5.69 Å². The molecule has 4 nitrogen and oxygen atoms in total. The second-order valence-electron chi connectivity index (χ2n) is 6.60. The zero-order valence-corrected chi connectivity index (χ0v) is 16.5. The van der Waals surface area contributed by atoms with E-state index in [0.717, 1.165) is 59.5 Å². The summed E-state index contributed by atoms with van der Waals surface area (Å²) in [5, 5.41) is 3.21. The van der Waals surface area contributed by atoms with Crippen LogP contribution in [0.2, 0.25) is 0 Å². The van der Waals surface area contributed by atoms with Gasteiger partial charge >= 0.3 is 0 Å². The van der Waals surface area contributed by atoms with Gasteiger partial charge in [0.15, 0.2) is 6.04 Å². The molecule has 0 aliphatic carbocycles. The Hall–Kier alpha value is -1.55. The number of aryl methyl sites for hydroxylation is 2. The maximum absolute atomic E-state index is 13.1. The van der Waals surface area contributed by atoms with Crippen molar-refractivity contribution in [1.29, 1.82) is 0 Å². The van der Waals surface area contributed by atoms with Crippen molar-refractivity contribution in [1.82, 2.24) is 0 Å². The molecule has 1 amide bonds. The van der Waals surface area contributed by atoms with Gasteiger partial charge in [-0.05, 0) is 64.3 Å². The number of hydrogen-bond acceptors (Lipinski definition) is 2. The first kappa shape index (κ1) is 20.5. The number of nitrogens with zero attached hydrogens (tertiary/aromatic N) is 1. The molecule has 0 bridgehead atoms. The zero-order valence-electron chi connectivity index (χ0n) is 16.5. The standard InChI is InChI=1S/C20H34N2O2/c1-8-12-18(22(9-2,10-3)11-4)20(23)21-19-15(5)13-17(24-7)14-16(19)6/h13-14,18H,8-12H2,1-7H3/p+1. The summed E-state index contributed by atoms with van der Waals surface area (Å²) >= 11 is 0. The van der Waals surface area contributed by atoms with Gasteiger partial charge in [0.25, 0.3) is 5.91 Å². The molecule has 0 spiro atoms. The van der Waals surface area contributed by atoms with E-state index in [1.165, 1.54) is 0 Å². The number of methoxy groups -OCH3 is 1. The Morgan fingerprint density at radius 1 is 1.08 bits per heavy atom. The number of carbonyl (C=O) groups is 1. The largest absolute Gasteiger partial charge is 0.497 e. The Balaban J connectivity index is 3.14. The van der Waals surface area contributed by atoms with Gasteiger partial charge in [-0.25, -0.2) is 0 Å². The van der Waals surface area contributed by atoms with Gasteiger partial charge in [0.2, 0.25) is 0 Å². The summed E-state index contributed by atoms with van der Waals surface area (Å²) < 4.78 is 6.15. The van der Waals surface area contributed by atoms with Crippen molar-refractivity contribution < 1.29 is 14.0 Å². The number of ether oxygens (including phenoxy) is 1. The van der Waals surface area contributed by atoms with Crippen LogP contribution in [0.5, 0.6) is 5.75 Å². The van der Waals surface area contributed by atoms with E-state index in [9.17, 15) is 4.79 Å². The molecule has 0 radical (unpaired) electrons. The van der Waals surface area contributed by atoms with Gasteiger partial charge in [-0.3, -0.25) is 4.79 Å². The van der Waals surface area contributed by atoms with E-state index in [2.05, 4.69) is 33.0 Å². The smallest absolute Gasteiger partial charge is 0.282 e. The number of amides is 1. The number of benzene rings is 1. The Morgan fingerprint density at radius 2 is 1.58 bits per heavy atom. The van der Waals surface area contributed by atoms with Crippen LogP contribution in [0, 0.1) is 13.8 Å². The highest BCUT2D eigenvalue weighted by Gasteiger charge is 2.37. The summed E-state index contributed by atoms with van der Waals surface area (Å²) in [6, 6.07) is 3.94. The van der Waals surface area contributed by atoms with Crippen molar-refractivity contribution in [2.24, 2.45) is 0 Å². The average Bonchev–Trinajstić information content (AvgIpc) is 2.58. The molecule has 1 atom stereocenters. The molecule has 0 aromatic heterocycles. The lowest BCUT2D eigenvalue weighted by Gasteiger charge is -2.42. The highest BCUT2D eigenvalue weighted by Crippen LogP contribution is 2.27. The van der Waals surface area contributed by atoms with E-state index in [-0.39, 0.29) is 11.9 Å². The molecule has 1 unspecified atom stereocenters. The van der Waals surface area contributed by atoms with E-state index in [1.807, 2.05) is 26.0 Å². The van der Waals surface area contributed by atoms with Crippen LogP contribution in [0.15, 0.2) is 12.1 Å². The number of anilines is 1. The number of nitrogens with one attached hydrogen (secondary N) is 1. The molecular weight excluding hydrogens is 300 g/mol. The monoisotopic (exact) mass is 335 g/mol. The fraction of sp³-hybridized carbons (Fsp3) is 0.650. The summed E-state index contributed by atoms with van der Waals surface area (Å²) in [5.41, 5.74) is 3.00. The number of likely N-dealkylation sites (N-methyl/N-ethyl adjacent to an activating group) is 1. The predicted molar refractivity (Wildman–Crippen MR) is 102 cm³/mol. The first-order chi connectivity index (χ1) is 11.4. The average molecular weight is 336 g/mol. The molecule has 24 heavy (non-hydrogen) atoms. The third kappa shape index (κ3) is 4.29. The third-order valence-electron chi connectivity index (χ3n) is 5.41. The van der Waals surface area contributed by atoms with Crippen molar-refractivity contribution in [2.75, 3.05) is 32.1 Å². The van der Waals surface area contributed by atoms with Gasteiger partial charge in [0.1, 0.15) is 5.75 Å². The summed E-state index contributed by atoms with van der Waals surface area (Å²) in [5.74, 6) is 0.965. The predicted octanol–water partition coefficient (Wildman–Crippen LogP) is 4.30. The second-order valence-corrected chi connectivity index (χ2v) is 6.60. The lowest BCUT2D eigenvalue weighted by atomic mass is 10.0. The van der Waals surface area contributed by atoms with E-state index < -0.39 is 0 Å². The zero-order chi connectivity index (χ0) is 18.3. The van der Waals surface area contributed by atoms with Gasteiger partial charge in [-0.1, -0.05) is 6.92 Å². The first-order valence-corrected chi connectivity index (χ1v) is 9.20. The highest BCUT2D eigenvalue weighted by molar-refractivity contribution is 5.95. The van der Waals surface area contributed by atoms with Crippen LogP contribution < -0.4 is 10.1 Å². The summed E-state index contributed by atoms with van der Waals surface area (Å²) in [7, 11) is 1.67. The van der Waals surface area contributed by atoms with Gasteiger partial charge < -0.3 is 14.5 Å². The van der Waals surface area contributed by atoms with Crippen LogP contribution >= 0.6 is 0 Å². The van der Waals surface area contributed by atoms with E-state index >= 15 is 0 Å². The lowest BCUT2D eigenvalue weighted by molar-refractivity contribution is -0.938. The fourth-order valence-electron chi connectivity index (χ4n) is 3.70. The molecule has 4 heteroatoms. The van der Waals surface area contributed by atoms with Crippen molar-refractivity contribution in [3.8, 4) is 5.75 Å². The van der Waals surface area contributed by atoms with Crippen LogP contribution in [0.3, 0.4) is 0 Å². The number of rotatable bonds is 9. The second kappa shape index (κ2) is 9.07. The van der Waals surface area contributed by atoms with Crippen molar-refractivity contribution in [3.05, 3.63) is 23.3 Å². The molecule has 0 heterocycles. The quantitative estimate of drug-likeness (QED) is 0.684. The topological polar surface area (TPSA) is 38.3 Å². The summed E-state index contributed by atoms with van der Waals surface area (Å²) in [6.07, 6.45) is 1.92. The minimum absolute atomic E-state index is 0.00379. The summed E-state index contributed by atoms with van der Waals surface area (Å²) in [4.78, 5) is 13.1. The van der Waals surface area contributed by atoms with E-state index in [0.29, 0.717) is 0 Å². The Morgan fingerprint density at radius 3 is 1.96 bits per heavy atom. The summed E-state index contributed by atoms with van der Waals surface area (Å²) in [6.45, 7) is 15.7. The Bertz CT molecular complexity index is 519. The molecule has 0 aliphatic rings. The molecule has 0 saturated heterocycles. The molecule has 1 aromatic rings. The van der Waals surface area contributed by atoms with Crippen LogP contribution in [0.1, 0.15) is 51.7 Å². The molecule has 1 rings (SSSR count). The van der Waals surface area contributed by atoms with Crippen LogP contribution in [-0.2, 0) is 4.79 Å². The fourth-order valence-corrected chi connectivity index (χ4v) is 3.70. The van der Waals surface area contributed by atoms with Gasteiger partial charge in [0, 0.05) is 12.1 Å². The molecule has 136 valence electrons. The minimum atomic E-state index is -0.00379. The van der Waals surface area contributed by atoms with Crippen molar-refractivity contribution in [3.63, 3.8) is 0 Å². The third-order valence-corrected chi connectivity index (χ3v) is 5.41. The van der Waals surface area contributed by atoms with Gasteiger partial charge in [0.05, 0.1) is 26.7 Å². The Labute approximate surface area is 147 Å². The lowest BCUT2D eigenvalue weighted by Crippen LogP contribution is -2.59. The molecule has 0 saturated carbocycles. The maximum atomic E-state index is 13.1. The van der Waals surface area contributed by atoms with Crippen molar-refractivity contribution in [2.45, 2.75) is 60.4 Å². The normalized spacial score (nSPS) is 12.8.